The summed E-state index contributed by atoms with van der Waals surface area (Å²) in [6.07, 6.45) is 1.63. The first-order valence-corrected chi connectivity index (χ1v) is 9.72. The van der Waals surface area contributed by atoms with Crippen LogP contribution < -0.4 is 5.32 Å². The molecule has 1 amide bonds. The summed E-state index contributed by atoms with van der Waals surface area (Å²) < 4.78 is 11.4. The second-order valence-corrected chi connectivity index (χ2v) is 6.42. The molecule has 2 aromatic heterocycles. The first-order valence-electron chi connectivity index (χ1n) is 9.72. The maximum absolute atomic E-state index is 12.6. The third kappa shape index (κ3) is 5.13. The topological polar surface area (TPSA) is 112 Å². The summed E-state index contributed by atoms with van der Waals surface area (Å²) in [6, 6.07) is 11.5. The van der Waals surface area contributed by atoms with Crippen molar-refractivity contribution in [2.75, 3.05) is 18.5 Å². The molecule has 160 valence electrons. The molecule has 9 heteroatoms. The van der Waals surface area contributed by atoms with Crippen LogP contribution >= 0.6 is 0 Å². The van der Waals surface area contributed by atoms with Gasteiger partial charge in [0.15, 0.2) is 5.69 Å². The van der Waals surface area contributed by atoms with Crippen molar-refractivity contribution in [1.29, 1.82) is 0 Å². The van der Waals surface area contributed by atoms with E-state index in [0.717, 1.165) is 0 Å². The van der Waals surface area contributed by atoms with Crippen molar-refractivity contribution in [3.63, 3.8) is 0 Å². The van der Waals surface area contributed by atoms with Crippen molar-refractivity contribution < 1.29 is 23.9 Å². The molecular formula is C22H22N4O5. The van der Waals surface area contributed by atoms with Crippen molar-refractivity contribution in [3.05, 3.63) is 71.3 Å². The Bertz CT molecular complexity index is 1120. The number of pyridine rings is 1. The number of hydrogen-bond donors (Lipinski definition) is 1. The minimum absolute atomic E-state index is 0.166. The molecule has 0 fully saturated rings. The minimum atomic E-state index is -0.501. The number of benzene rings is 1. The van der Waals surface area contributed by atoms with E-state index in [-0.39, 0.29) is 24.6 Å². The van der Waals surface area contributed by atoms with Crippen LogP contribution in [0.4, 0.5) is 5.69 Å². The van der Waals surface area contributed by atoms with Gasteiger partial charge in [-0.25, -0.2) is 19.3 Å². The molecule has 0 aliphatic heterocycles. The minimum Gasteiger partial charge on any atom is -0.462 e. The van der Waals surface area contributed by atoms with E-state index >= 15 is 0 Å². The number of hydrogen-bond acceptors (Lipinski definition) is 7. The van der Waals surface area contributed by atoms with Gasteiger partial charge in [0.05, 0.1) is 30.2 Å². The van der Waals surface area contributed by atoms with Gasteiger partial charge < -0.3 is 14.8 Å². The predicted octanol–water partition coefficient (Wildman–Crippen LogP) is 3.18. The number of rotatable bonds is 7. The number of aromatic nitrogens is 3. The summed E-state index contributed by atoms with van der Waals surface area (Å²) in [6.45, 7) is 5.61. The molecule has 0 spiro atoms. The van der Waals surface area contributed by atoms with Crippen LogP contribution in [0.25, 0.3) is 5.69 Å². The highest BCUT2D eigenvalue weighted by atomic mass is 16.5. The number of carbonyl (C=O) groups is 3. The molecule has 0 aliphatic carbocycles. The van der Waals surface area contributed by atoms with Gasteiger partial charge in [-0.05, 0) is 57.2 Å². The van der Waals surface area contributed by atoms with Crippen molar-refractivity contribution in [1.82, 2.24) is 14.8 Å². The number of nitrogens with one attached hydrogen (secondary N) is 1. The van der Waals surface area contributed by atoms with Gasteiger partial charge in [-0.1, -0.05) is 6.07 Å². The Balaban J connectivity index is 1.75. The van der Waals surface area contributed by atoms with Gasteiger partial charge in [-0.3, -0.25) is 4.79 Å². The van der Waals surface area contributed by atoms with E-state index in [9.17, 15) is 14.4 Å². The molecule has 31 heavy (non-hydrogen) atoms. The van der Waals surface area contributed by atoms with Crippen LogP contribution in [0.2, 0.25) is 0 Å². The molecular weight excluding hydrogens is 400 g/mol. The average Bonchev–Trinajstić information content (AvgIpc) is 3.24. The highest BCUT2D eigenvalue weighted by Crippen LogP contribution is 2.16. The van der Waals surface area contributed by atoms with Gasteiger partial charge in [-0.2, -0.15) is 5.10 Å². The van der Waals surface area contributed by atoms with Crippen LogP contribution in [-0.4, -0.2) is 45.8 Å². The fourth-order valence-electron chi connectivity index (χ4n) is 2.82. The van der Waals surface area contributed by atoms with Crippen LogP contribution in [-0.2, 0) is 9.47 Å². The monoisotopic (exact) mass is 422 g/mol. The standard InChI is InChI=1S/C22H22N4O5/c1-4-30-21(28)17-9-10-18(23-14(17)3)20(27)24-15-7-6-8-16(13-15)26-12-11-19(25-26)22(29)31-5-2/h6-13H,4-5H2,1-3H3,(H,24,27). The maximum Gasteiger partial charge on any atom is 0.358 e. The van der Waals surface area contributed by atoms with Gasteiger partial charge in [0.1, 0.15) is 5.69 Å². The molecule has 2 heterocycles. The van der Waals surface area contributed by atoms with Crippen LogP contribution in [0.3, 0.4) is 0 Å². The molecule has 0 radical (unpaired) electrons. The van der Waals surface area contributed by atoms with E-state index in [1.807, 2.05) is 0 Å². The van der Waals surface area contributed by atoms with E-state index in [2.05, 4.69) is 15.4 Å². The third-order valence-corrected chi connectivity index (χ3v) is 4.26. The molecule has 0 unspecified atom stereocenters. The molecule has 1 aromatic carbocycles. The summed E-state index contributed by atoms with van der Waals surface area (Å²) >= 11 is 0. The van der Waals surface area contributed by atoms with Gasteiger partial charge in [0.25, 0.3) is 5.91 Å². The lowest BCUT2D eigenvalue weighted by atomic mass is 10.2. The highest BCUT2D eigenvalue weighted by Gasteiger charge is 2.15. The zero-order valence-electron chi connectivity index (χ0n) is 17.4. The van der Waals surface area contributed by atoms with E-state index in [1.54, 1.807) is 57.3 Å². The Morgan fingerprint density at radius 3 is 2.42 bits per heavy atom. The lowest BCUT2D eigenvalue weighted by Gasteiger charge is -2.09. The number of anilines is 1. The average molecular weight is 422 g/mol. The molecule has 0 aliphatic rings. The lowest BCUT2D eigenvalue weighted by Crippen LogP contribution is -2.16. The predicted molar refractivity (Wildman–Crippen MR) is 112 cm³/mol. The molecule has 1 N–H and O–H groups in total. The fourth-order valence-corrected chi connectivity index (χ4v) is 2.82. The Labute approximate surface area is 179 Å². The second-order valence-electron chi connectivity index (χ2n) is 6.42. The summed E-state index contributed by atoms with van der Waals surface area (Å²) in [5, 5.41) is 6.97. The van der Waals surface area contributed by atoms with Crippen LogP contribution in [0.15, 0.2) is 48.7 Å². The van der Waals surface area contributed by atoms with E-state index < -0.39 is 17.8 Å². The number of amides is 1. The Hall–Kier alpha value is -4.01. The molecule has 9 nitrogen and oxygen atoms in total. The number of ether oxygens (including phenoxy) is 2. The molecule has 0 bridgehead atoms. The van der Waals surface area contributed by atoms with Crippen molar-refractivity contribution in [3.8, 4) is 5.69 Å². The zero-order chi connectivity index (χ0) is 22.4. The fraction of sp³-hybridized carbons (Fsp3) is 0.227. The molecule has 3 aromatic rings. The van der Waals surface area contributed by atoms with Crippen molar-refractivity contribution in [2.45, 2.75) is 20.8 Å². The quantitative estimate of drug-likeness (QED) is 0.582. The van der Waals surface area contributed by atoms with Gasteiger partial charge in [-0.15, -0.1) is 0 Å². The molecule has 0 saturated carbocycles. The van der Waals surface area contributed by atoms with Crippen LogP contribution in [0.1, 0.15) is 50.9 Å². The summed E-state index contributed by atoms with van der Waals surface area (Å²) in [4.78, 5) is 40.5. The number of aryl methyl sites for hydroxylation is 1. The molecule has 0 atom stereocenters. The number of esters is 2. The molecule has 3 rings (SSSR count). The second kappa shape index (κ2) is 9.66. The number of nitrogens with zero attached hydrogens (tertiary/aromatic N) is 3. The first kappa shape index (κ1) is 21.7. The largest absolute Gasteiger partial charge is 0.462 e. The Kier molecular flexibility index (Phi) is 6.76. The SMILES string of the molecule is CCOC(=O)c1ccn(-c2cccc(NC(=O)c3ccc(C(=O)OCC)c(C)n3)c2)n1. The van der Waals surface area contributed by atoms with Gasteiger partial charge >= 0.3 is 11.9 Å². The number of carbonyl (C=O) groups excluding carboxylic acids is 3. The lowest BCUT2D eigenvalue weighted by molar-refractivity contribution is 0.0512. The van der Waals surface area contributed by atoms with Crippen LogP contribution in [0.5, 0.6) is 0 Å². The van der Waals surface area contributed by atoms with E-state index in [0.29, 0.717) is 22.6 Å². The summed E-state index contributed by atoms with van der Waals surface area (Å²) in [7, 11) is 0. The van der Waals surface area contributed by atoms with Gasteiger partial charge in [0.2, 0.25) is 0 Å². The maximum atomic E-state index is 12.6. The van der Waals surface area contributed by atoms with Crippen molar-refractivity contribution in [2.24, 2.45) is 0 Å². The first-order chi connectivity index (χ1) is 14.9. The summed E-state index contributed by atoms with van der Waals surface area (Å²) in [5.41, 5.74) is 2.25. The van der Waals surface area contributed by atoms with Crippen LogP contribution in [0, 0.1) is 6.92 Å². The van der Waals surface area contributed by atoms with Crippen molar-refractivity contribution >= 4 is 23.5 Å². The van der Waals surface area contributed by atoms with E-state index in [4.69, 9.17) is 9.47 Å². The Morgan fingerprint density at radius 2 is 1.71 bits per heavy atom. The smallest absolute Gasteiger partial charge is 0.358 e. The zero-order valence-corrected chi connectivity index (χ0v) is 17.4. The highest BCUT2D eigenvalue weighted by molar-refractivity contribution is 6.03. The Morgan fingerprint density at radius 1 is 0.968 bits per heavy atom. The van der Waals surface area contributed by atoms with E-state index in [1.165, 1.54) is 16.8 Å². The van der Waals surface area contributed by atoms with Gasteiger partial charge in [0, 0.05) is 11.9 Å². The third-order valence-electron chi connectivity index (χ3n) is 4.26. The summed E-state index contributed by atoms with van der Waals surface area (Å²) in [5.74, 6) is -1.41. The normalized spacial score (nSPS) is 10.4. The molecule has 0 saturated heterocycles.